The Morgan fingerprint density at radius 3 is 2.28 bits per heavy atom. The molecule has 0 saturated heterocycles. The lowest BCUT2D eigenvalue weighted by Crippen LogP contribution is -2.38. The Hall–Kier alpha value is -3.65. The van der Waals surface area contributed by atoms with Gasteiger partial charge in [0, 0.05) is 16.8 Å². The van der Waals surface area contributed by atoms with Gasteiger partial charge in [-0.15, -0.1) is 10.2 Å². The smallest absolute Gasteiger partial charge is 0.371 e. The summed E-state index contributed by atoms with van der Waals surface area (Å²) in [5, 5.41) is 18.0. The fourth-order valence-electron chi connectivity index (χ4n) is 3.75. The number of phosphoric ester groups is 1. The van der Waals surface area contributed by atoms with Crippen molar-refractivity contribution in [3.8, 4) is 17.2 Å². The Morgan fingerprint density at radius 1 is 1.07 bits per heavy atom. The SMILES string of the molecule is NC(O)c1nc(Cn2nc(-c3ccc(Cl)cc3)n(C[C@H](OP(=O)(O)O)C(F)(F)F)c2=O)nn1-c1ncccc1C(F)(F)F. The Labute approximate surface area is 240 Å². The summed E-state index contributed by atoms with van der Waals surface area (Å²) in [4.78, 5) is 38.7. The predicted molar refractivity (Wildman–Crippen MR) is 132 cm³/mol. The molecule has 0 bridgehead atoms. The summed E-state index contributed by atoms with van der Waals surface area (Å²) in [6.07, 6.45) is -14.4. The third kappa shape index (κ3) is 7.47. The molecule has 14 nitrogen and oxygen atoms in total. The summed E-state index contributed by atoms with van der Waals surface area (Å²) < 4.78 is 98.2. The van der Waals surface area contributed by atoms with Gasteiger partial charge in [-0.3, -0.25) is 14.8 Å². The van der Waals surface area contributed by atoms with Gasteiger partial charge >= 0.3 is 25.9 Å². The maximum absolute atomic E-state index is 13.6. The third-order valence-electron chi connectivity index (χ3n) is 5.53. The number of alkyl halides is 6. The molecule has 232 valence electrons. The quantitative estimate of drug-likeness (QED) is 0.117. The zero-order valence-corrected chi connectivity index (χ0v) is 22.6. The van der Waals surface area contributed by atoms with E-state index in [-0.39, 0.29) is 10.6 Å². The van der Waals surface area contributed by atoms with Gasteiger partial charge in [-0.2, -0.15) is 31.0 Å². The molecule has 0 saturated carbocycles. The van der Waals surface area contributed by atoms with E-state index in [0.717, 1.165) is 12.3 Å². The molecule has 4 aromatic rings. The van der Waals surface area contributed by atoms with Gasteiger partial charge in [0.15, 0.2) is 35.6 Å². The third-order valence-corrected chi connectivity index (χ3v) is 6.31. The van der Waals surface area contributed by atoms with Crippen molar-refractivity contribution in [2.24, 2.45) is 5.73 Å². The average Bonchev–Trinajstić information content (AvgIpc) is 3.44. The number of rotatable bonds is 9. The summed E-state index contributed by atoms with van der Waals surface area (Å²) in [6.45, 7) is -2.24. The molecule has 4 rings (SSSR count). The number of aromatic nitrogens is 7. The van der Waals surface area contributed by atoms with Crippen LogP contribution in [0.5, 0.6) is 0 Å². The lowest BCUT2D eigenvalue weighted by Gasteiger charge is -2.21. The van der Waals surface area contributed by atoms with Crippen LogP contribution < -0.4 is 11.4 Å². The maximum Gasteiger partial charge on any atom is 0.470 e. The number of nitrogens with zero attached hydrogens (tertiary/aromatic N) is 7. The topological polar surface area (TPSA) is 196 Å². The molecule has 2 atom stereocenters. The van der Waals surface area contributed by atoms with Gasteiger partial charge in [0.2, 0.25) is 0 Å². The first-order valence-electron chi connectivity index (χ1n) is 11.5. The van der Waals surface area contributed by atoms with Crippen molar-refractivity contribution in [3.63, 3.8) is 0 Å². The molecular formula is C21H18ClF6N8O6P. The van der Waals surface area contributed by atoms with Crippen LogP contribution in [0.3, 0.4) is 0 Å². The van der Waals surface area contributed by atoms with Gasteiger partial charge in [0.05, 0.1) is 6.54 Å². The number of hydrogen-bond donors (Lipinski definition) is 4. The number of benzene rings is 1. The molecule has 3 aromatic heterocycles. The fourth-order valence-corrected chi connectivity index (χ4v) is 4.40. The van der Waals surface area contributed by atoms with Crippen LogP contribution in [0.25, 0.3) is 17.2 Å². The molecule has 43 heavy (non-hydrogen) atoms. The highest BCUT2D eigenvalue weighted by atomic mass is 35.5. The van der Waals surface area contributed by atoms with Crippen LogP contribution in [0.1, 0.15) is 23.4 Å². The molecule has 0 radical (unpaired) electrons. The normalized spacial score (nSPS) is 14.2. The first-order valence-corrected chi connectivity index (χ1v) is 13.4. The number of halogens is 7. The van der Waals surface area contributed by atoms with E-state index in [4.69, 9.17) is 27.1 Å². The second-order valence-corrected chi connectivity index (χ2v) is 10.3. The molecule has 0 aliphatic rings. The highest BCUT2D eigenvalue weighted by Gasteiger charge is 2.45. The highest BCUT2D eigenvalue weighted by molar-refractivity contribution is 7.46. The minimum atomic E-state index is -5.69. The number of aliphatic hydroxyl groups is 1. The largest absolute Gasteiger partial charge is 0.470 e. The fraction of sp³-hybridized carbons (Fsp3) is 0.286. The van der Waals surface area contributed by atoms with E-state index in [2.05, 4.69) is 24.7 Å². The first kappa shape index (κ1) is 32.3. The predicted octanol–water partition coefficient (Wildman–Crippen LogP) is 2.40. The minimum absolute atomic E-state index is 0.0391. The number of phosphoric acid groups is 1. The summed E-state index contributed by atoms with van der Waals surface area (Å²) in [5.41, 5.74) is 2.93. The molecule has 0 spiro atoms. The first-order chi connectivity index (χ1) is 19.8. The van der Waals surface area contributed by atoms with Crippen LogP contribution in [0.2, 0.25) is 5.02 Å². The van der Waals surface area contributed by atoms with E-state index in [1.807, 2.05) is 0 Å². The average molecular weight is 659 g/mol. The molecule has 0 aliphatic carbocycles. The Balaban J connectivity index is 1.83. The van der Waals surface area contributed by atoms with Crippen LogP contribution in [-0.4, -0.2) is 61.3 Å². The molecule has 0 amide bonds. The molecule has 0 aliphatic heterocycles. The van der Waals surface area contributed by atoms with Gasteiger partial charge < -0.3 is 14.9 Å². The molecule has 0 fully saturated rings. The second-order valence-electron chi connectivity index (χ2n) is 8.62. The standard InChI is InChI=1S/C21H18ClF6N8O6P/c22-11-5-3-10(4-6-11)16-33-35(19(38)34(16)8-13(21(26,27)28)42-43(39,40)41)9-14-31-18(15(29)37)36(32-14)17-12(20(23,24)25)2-1-7-30-17/h1-7,13,15,37H,8-9,29H2,(H2,39,40,41)/t13-,15?/m0/s1. The van der Waals surface area contributed by atoms with E-state index in [9.17, 15) is 40.8 Å². The summed E-state index contributed by atoms with van der Waals surface area (Å²) in [7, 11) is -5.69. The summed E-state index contributed by atoms with van der Waals surface area (Å²) in [5.74, 6) is -2.35. The zero-order chi connectivity index (χ0) is 31.9. The van der Waals surface area contributed by atoms with E-state index < -0.39 is 80.1 Å². The maximum atomic E-state index is 13.6. The second kappa shape index (κ2) is 11.8. The van der Waals surface area contributed by atoms with Crippen molar-refractivity contribution in [1.82, 2.24) is 34.1 Å². The lowest BCUT2D eigenvalue weighted by atomic mass is 10.2. The van der Waals surface area contributed by atoms with E-state index in [1.165, 1.54) is 24.3 Å². The minimum Gasteiger partial charge on any atom is -0.371 e. The van der Waals surface area contributed by atoms with Crippen molar-refractivity contribution < 1.29 is 50.3 Å². The summed E-state index contributed by atoms with van der Waals surface area (Å²) in [6, 6.07) is 6.89. The van der Waals surface area contributed by atoms with E-state index in [1.54, 1.807) is 0 Å². The van der Waals surface area contributed by atoms with Crippen LogP contribution >= 0.6 is 19.4 Å². The van der Waals surface area contributed by atoms with Gasteiger partial charge in [-0.25, -0.2) is 24.0 Å². The molecule has 3 heterocycles. The van der Waals surface area contributed by atoms with E-state index in [0.29, 0.717) is 20.0 Å². The number of pyridine rings is 1. The highest BCUT2D eigenvalue weighted by Crippen LogP contribution is 2.42. The van der Waals surface area contributed by atoms with Crippen LogP contribution in [0, 0.1) is 0 Å². The number of nitrogens with two attached hydrogens (primary N) is 1. The molecule has 1 aromatic carbocycles. The van der Waals surface area contributed by atoms with Gasteiger partial charge in [0.1, 0.15) is 12.1 Å². The molecule has 1 unspecified atom stereocenters. The summed E-state index contributed by atoms with van der Waals surface area (Å²) >= 11 is 5.86. The van der Waals surface area contributed by atoms with Crippen LogP contribution in [-0.2, 0) is 28.4 Å². The number of hydrogen-bond acceptors (Lipinski definition) is 9. The van der Waals surface area contributed by atoms with Crippen molar-refractivity contribution >= 4 is 19.4 Å². The zero-order valence-electron chi connectivity index (χ0n) is 21.0. The Bertz CT molecular complexity index is 1720. The van der Waals surface area contributed by atoms with Crippen molar-refractivity contribution in [1.29, 1.82) is 0 Å². The Morgan fingerprint density at radius 2 is 1.72 bits per heavy atom. The van der Waals surface area contributed by atoms with Crippen molar-refractivity contribution in [3.05, 3.63) is 75.3 Å². The van der Waals surface area contributed by atoms with Gasteiger partial charge in [0.25, 0.3) is 0 Å². The van der Waals surface area contributed by atoms with Crippen LogP contribution in [0.15, 0.2) is 47.4 Å². The number of aliphatic hydroxyl groups excluding tert-OH is 1. The lowest BCUT2D eigenvalue weighted by molar-refractivity contribution is -0.202. The Kier molecular flexibility index (Phi) is 8.85. The van der Waals surface area contributed by atoms with Gasteiger partial charge in [-0.05, 0) is 36.4 Å². The molecule has 5 N–H and O–H groups in total. The van der Waals surface area contributed by atoms with Crippen molar-refractivity contribution in [2.45, 2.75) is 37.8 Å². The molecule has 22 heteroatoms. The van der Waals surface area contributed by atoms with Crippen LogP contribution in [0.4, 0.5) is 26.3 Å². The van der Waals surface area contributed by atoms with Crippen molar-refractivity contribution in [2.75, 3.05) is 0 Å². The van der Waals surface area contributed by atoms with Gasteiger partial charge in [-0.1, -0.05) is 11.6 Å². The molecular weight excluding hydrogens is 641 g/mol. The monoisotopic (exact) mass is 658 g/mol. The van der Waals surface area contributed by atoms with E-state index >= 15 is 0 Å².